The number of anilines is 1. The van der Waals surface area contributed by atoms with Gasteiger partial charge in [0.15, 0.2) is 0 Å². The van der Waals surface area contributed by atoms with Crippen LogP contribution in [0.4, 0.5) is 5.69 Å². The average Bonchev–Trinajstić information content (AvgIpc) is 3.18. The molecule has 0 amide bonds. The number of nitrogen functional groups attached to an aromatic ring is 1. The van der Waals surface area contributed by atoms with Crippen LogP contribution in [0.2, 0.25) is 0 Å². The fraction of sp³-hybridized carbons (Fsp3) is 0.625. The first-order valence-corrected chi connectivity index (χ1v) is 7.22. The molecule has 1 fully saturated rings. The van der Waals surface area contributed by atoms with Crippen LogP contribution in [0.5, 0.6) is 0 Å². The van der Waals surface area contributed by atoms with Crippen LogP contribution in [-0.4, -0.2) is 26.3 Å². The first-order chi connectivity index (χ1) is 9.08. The topological polar surface area (TPSA) is 47.3 Å². The van der Waals surface area contributed by atoms with E-state index in [1.165, 1.54) is 18.4 Å². The highest BCUT2D eigenvalue weighted by molar-refractivity contribution is 5.41. The molecule has 0 heterocycles. The second-order valence-electron chi connectivity index (χ2n) is 6.20. The second-order valence-corrected chi connectivity index (χ2v) is 6.20. The normalized spacial score (nSPS) is 15.7. The number of nitrogens with one attached hydrogen (secondary N) is 1. The molecule has 3 heteroatoms. The van der Waals surface area contributed by atoms with E-state index in [4.69, 9.17) is 10.5 Å². The predicted octanol–water partition coefficient (Wildman–Crippen LogP) is 2.56. The molecular weight excluding hydrogens is 236 g/mol. The van der Waals surface area contributed by atoms with Crippen LogP contribution >= 0.6 is 0 Å². The van der Waals surface area contributed by atoms with Crippen molar-refractivity contribution in [1.29, 1.82) is 0 Å². The maximum absolute atomic E-state index is 5.72. The van der Waals surface area contributed by atoms with Crippen molar-refractivity contribution in [2.24, 2.45) is 5.92 Å². The van der Waals surface area contributed by atoms with Gasteiger partial charge in [-0.25, -0.2) is 0 Å². The number of hydrogen-bond acceptors (Lipinski definition) is 3. The van der Waals surface area contributed by atoms with Crippen molar-refractivity contribution in [2.75, 3.05) is 32.0 Å². The van der Waals surface area contributed by atoms with Gasteiger partial charge in [0.1, 0.15) is 0 Å². The molecule has 0 spiro atoms. The Bertz CT molecular complexity index is 382. The number of benzene rings is 1. The van der Waals surface area contributed by atoms with E-state index in [2.05, 4.69) is 31.3 Å². The summed E-state index contributed by atoms with van der Waals surface area (Å²) in [5.74, 6) is 0.853. The molecule has 1 aliphatic rings. The third kappa shape index (κ3) is 4.84. The highest BCUT2D eigenvalue weighted by Crippen LogP contribution is 2.28. The summed E-state index contributed by atoms with van der Waals surface area (Å²) >= 11 is 0. The largest absolute Gasteiger partial charge is 0.399 e. The zero-order chi connectivity index (χ0) is 13.7. The fourth-order valence-corrected chi connectivity index (χ4v) is 2.12. The number of ether oxygens (including phenoxy) is 1. The molecule has 106 valence electrons. The summed E-state index contributed by atoms with van der Waals surface area (Å²) in [7, 11) is 0. The molecular formula is C16H26N2O. The molecule has 3 N–H and O–H groups in total. The van der Waals surface area contributed by atoms with Crippen LogP contribution in [0, 0.1) is 5.92 Å². The maximum atomic E-state index is 5.72. The Morgan fingerprint density at radius 3 is 2.58 bits per heavy atom. The lowest BCUT2D eigenvalue weighted by atomic mass is 9.84. The molecule has 0 aliphatic heterocycles. The van der Waals surface area contributed by atoms with E-state index < -0.39 is 0 Å². The van der Waals surface area contributed by atoms with E-state index in [-0.39, 0.29) is 5.41 Å². The lowest BCUT2D eigenvalue weighted by Crippen LogP contribution is -2.34. The van der Waals surface area contributed by atoms with E-state index >= 15 is 0 Å². The van der Waals surface area contributed by atoms with Gasteiger partial charge in [0, 0.05) is 30.8 Å². The van der Waals surface area contributed by atoms with Gasteiger partial charge in [-0.1, -0.05) is 26.0 Å². The standard InChI is InChI=1S/C16H26N2O/c1-16(2,14-5-7-15(17)8-6-14)12-18-9-10-19-11-13-3-4-13/h5-8,13,18H,3-4,9-12,17H2,1-2H3. The Morgan fingerprint density at radius 1 is 1.26 bits per heavy atom. The van der Waals surface area contributed by atoms with Crippen molar-refractivity contribution in [3.63, 3.8) is 0 Å². The summed E-state index contributed by atoms with van der Waals surface area (Å²) in [5.41, 5.74) is 7.97. The fourth-order valence-electron chi connectivity index (χ4n) is 2.12. The summed E-state index contributed by atoms with van der Waals surface area (Å²) in [6.45, 7) is 8.12. The molecule has 2 rings (SSSR count). The SMILES string of the molecule is CC(C)(CNCCOCC1CC1)c1ccc(N)cc1. The van der Waals surface area contributed by atoms with E-state index in [1.54, 1.807) is 0 Å². The van der Waals surface area contributed by atoms with Crippen molar-refractivity contribution < 1.29 is 4.74 Å². The number of nitrogens with two attached hydrogens (primary N) is 1. The van der Waals surface area contributed by atoms with Crippen molar-refractivity contribution in [2.45, 2.75) is 32.1 Å². The van der Waals surface area contributed by atoms with Gasteiger partial charge in [-0.3, -0.25) is 0 Å². The van der Waals surface area contributed by atoms with E-state index in [1.807, 2.05) is 12.1 Å². The van der Waals surface area contributed by atoms with E-state index in [9.17, 15) is 0 Å². The Kier molecular flexibility index (Phi) is 4.83. The third-order valence-electron chi connectivity index (χ3n) is 3.73. The smallest absolute Gasteiger partial charge is 0.0591 e. The highest BCUT2D eigenvalue weighted by atomic mass is 16.5. The molecule has 0 bridgehead atoms. The number of rotatable bonds is 8. The van der Waals surface area contributed by atoms with Crippen LogP contribution in [0.1, 0.15) is 32.3 Å². The summed E-state index contributed by atoms with van der Waals surface area (Å²) in [6.07, 6.45) is 2.72. The quantitative estimate of drug-likeness (QED) is 0.559. The summed E-state index contributed by atoms with van der Waals surface area (Å²) in [6, 6.07) is 8.16. The van der Waals surface area contributed by atoms with Crippen LogP contribution in [-0.2, 0) is 10.2 Å². The molecule has 0 aromatic heterocycles. The van der Waals surface area contributed by atoms with Gasteiger partial charge in [-0.2, -0.15) is 0 Å². The van der Waals surface area contributed by atoms with Gasteiger partial charge in [-0.05, 0) is 36.5 Å². The van der Waals surface area contributed by atoms with Crippen molar-refractivity contribution in [3.8, 4) is 0 Å². The molecule has 1 aromatic carbocycles. The molecule has 0 atom stereocenters. The van der Waals surface area contributed by atoms with E-state index in [0.717, 1.165) is 37.9 Å². The van der Waals surface area contributed by atoms with Gasteiger partial charge >= 0.3 is 0 Å². The molecule has 0 unspecified atom stereocenters. The van der Waals surface area contributed by atoms with Crippen molar-refractivity contribution >= 4 is 5.69 Å². The Morgan fingerprint density at radius 2 is 1.95 bits per heavy atom. The summed E-state index contributed by atoms with van der Waals surface area (Å²) in [4.78, 5) is 0. The van der Waals surface area contributed by atoms with Crippen LogP contribution in [0.15, 0.2) is 24.3 Å². The molecule has 1 saturated carbocycles. The molecule has 19 heavy (non-hydrogen) atoms. The van der Waals surface area contributed by atoms with Gasteiger partial charge in [0.25, 0.3) is 0 Å². The first kappa shape index (κ1) is 14.4. The zero-order valence-electron chi connectivity index (χ0n) is 12.1. The molecule has 0 saturated heterocycles. The molecule has 1 aliphatic carbocycles. The van der Waals surface area contributed by atoms with E-state index in [0.29, 0.717) is 0 Å². The van der Waals surface area contributed by atoms with Crippen LogP contribution < -0.4 is 11.1 Å². The van der Waals surface area contributed by atoms with Crippen LogP contribution in [0.3, 0.4) is 0 Å². The van der Waals surface area contributed by atoms with Gasteiger partial charge < -0.3 is 15.8 Å². The van der Waals surface area contributed by atoms with Crippen molar-refractivity contribution in [3.05, 3.63) is 29.8 Å². The molecule has 1 aromatic rings. The lowest BCUT2D eigenvalue weighted by Gasteiger charge is -2.26. The first-order valence-electron chi connectivity index (χ1n) is 7.22. The Hall–Kier alpha value is -1.06. The monoisotopic (exact) mass is 262 g/mol. The minimum atomic E-state index is 0.115. The molecule has 3 nitrogen and oxygen atoms in total. The average molecular weight is 262 g/mol. The minimum absolute atomic E-state index is 0.115. The van der Waals surface area contributed by atoms with Gasteiger partial charge in [-0.15, -0.1) is 0 Å². The second kappa shape index (κ2) is 6.40. The predicted molar refractivity (Wildman–Crippen MR) is 80.3 cm³/mol. The maximum Gasteiger partial charge on any atom is 0.0591 e. The lowest BCUT2D eigenvalue weighted by molar-refractivity contribution is 0.125. The summed E-state index contributed by atoms with van der Waals surface area (Å²) < 4.78 is 5.61. The molecule has 0 radical (unpaired) electrons. The highest BCUT2D eigenvalue weighted by Gasteiger charge is 2.21. The zero-order valence-corrected chi connectivity index (χ0v) is 12.1. The summed E-state index contributed by atoms with van der Waals surface area (Å²) in [5, 5.41) is 3.48. The minimum Gasteiger partial charge on any atom is -0.399 e. The van der Waals surface area contributed by atoms with Crippen LogP contribution in [0.25, 0.3) is 0 Å². The van der Waals surface area contributed by atoms with Gasteiger partial charge in [0.2, 0.25) is 0 Å². The number of hydrogen-bond donors (Lipinski definition) is 2. The third-order valence-corrected chi connectivity index (χ3v) is 3.73. The van der Waals surface area contributed by atoms with Crippen molar-refractivity contribution in [1.82, 2.24) is 5.32 Å². The Balaban J connectivity index is 1.66. The van der Waals surface area contributed by atoms with Gasteiger partial charge in [0.05, 0.1) is 6.61 Å². The Labute approximate surface area is 116 Å².